The number of cyclic esters (lactones) is 1. The van der Waals surface area contributed by atoms with Gasteiger partial charge in [0.25, 0.3) is 0 Å². The second-order valence-electron chi connectivity index (χ2n) is 6.94. The first kappa shape index (κ1) is 20.3. The maximum absolute atomic E-state index is 12.5. The molecule has 0 fully saturated rings. The summed E-state index contributed by atoms with van der Waals surface area (Å²) in [4.78, 5) is 24.9. The summed E-state index contributed by atoms with van der Waals surface area (Å²) >= 11 is 0. The third-order valence-corrected chi connectivity index (χ3v) is 5.01. The number of ether oxygens (including phenoxy) is 3. The van der Waals surface area contributed by atoms with Crippen molar-refractivity contribution in [3.63, 3.8) is 0 Å². The van der Waals surface area contributed by atoms with Crippen LogP contribution in [0.4, 0.5) is 5.69 Å². The predicted octanol–water partition coefficient (Wildman–Crippen LogP) is 2.24. The molecular weight excluding hydrogens is 402 g/mol. The number of hydrogen-bond acceptors (Lipinski definition) is 8. The first-order valence-electron chi connectivity index (χ1n) is 9.66. The average Bonchev–Trinajstić information content (AvgIpc) is 3.40. The number of aromatic nitrogens is 4. The lowest BCUT2D eigenvalue weighted by molar-refractivity contribution is -0.118. The number of benzene rings is 2. The van der Waals surface area contributed by atoms with Crippen molar-refractivity contribution in [1.82, 2.24) is 20.6 Å². The molecule has 0 bridgehead atoms. The summed E-state index contributed by atoms with van der Waals surface area (Å²) in [5, 5.41) is 16.6. The largest absolute Gasteiger partial charge is 0.493 e. The van der Waals surface area contributed by atoms with Crippen molar-refractivity contribution < 1.29 is 23.8 Å². The van der Waals surface area contributed by atoms with Crippen LogP contribution in [-0.4, -0.2) is 46.7 Å². The highest BCUT2D eigenvalue weighted by Gasteiger charge is 2.36. The predicted molar refractivity (Wildman–Crippen MR) is 109 cm³/mol. The number of fused-ring (bicyclic) bond motifs is 1. The van der Waals surface area contributed by atoms with E-state index in [0.29, 0.717) is 40.6 Å². The molecule has 1 unspecified atom stereocenters. The van der Waals surface area contributed by atoms with E-state index in [-0.39, 0.29) is 12.3 Å². The van der Waals surface area contributed by atoms with Crippen molar-refractivity contribution >= 4 is 17.6 Å². The second-order valence-corrected chi connectivity index (χ2v) is 6.94. The van der Waals surface area contributed by atoms with E-state index in [1.165, 1.54) is 14.2 Å². The summed E-state index contributed by atoms with van der Waals surface area (Å²) in [6.07, 6.45) is 0.737. The first-order chi connectivity index (χ1) is 15.1. The Kier molecular flexibility index (Phi) is 5.78. The van der Waals surface area contributed by atoms with Crippen LogP contribution < -0.4 is 14.8 Å². The fourth-order valence-corrected chi connectivity index (χ4v) is 3.50. The number of esters is 1. The quantitative estimate of drug-likeness (QED) is 0.528. The Bertz CT molecular complexity index is 1080. The summed E-state index contributed by atoms with van der Waals surface area (Å²) in [6, 6.07) is 10.9. The Labute approximate surface area is 177 Å². The molecule has 2 N–H and O–H groups in total. The van der Waals surface area contributed by atoms with Gasteiger partial charge in [0.15, 0.2) is 17.3 Å². The highest BCUT2D eigenvalue weighted by atomic mass is 16.6. The molecule has 3 aromatic rings. The fraction of sp³-hybridized carbons (Fsp3) is 0.286. The number of carbonyl (C=O) groups is 2. The maximum Gasteiger partial charge on any atom is 0.343 e. The number of rotatable bonds is 8. The van der Waals surface area contributed by atoms with Crippen LogP contribution in [0.25, 0.3) is 0 Å². The number of nitrogens with zero attached hydrogens (tertiary/aromatic N) is 3. The van der Waals surface area contributed by atoms with Crippen molar-refractivity contribution in [2.24, 2.45) is 0 Å². The molecule has 0 radical (unpaired) electrons. The molecule has 2 aromatic carbocycles. The van der Waals surface area contributed by atoms with Crippen molar-refractivity contribution in [2.75, 3.05) is 19.5 Å². The van der Waals surface area contributed by atoms with Crippen molar-refractivity contribution in [1.29, 1.82) is 0 Å². The summed E-state index contributed by atoms with van der Waals surface area (Å²) in [5.74, 6) is 0.597. The van der Waals surface area contributed by atoms with Crippen LogP contribution in [0.1, 0.15) is 39.8 Å². The summed E-state index contributed by atoms with van der Waals surface area (Å²) < 4.78 is 16.0. The zero-order valence-corrected chi connectivity index (χ0v) is 17.0. The van der Waals surface area contributed by atoms with Crippen LogP contribution in [-0.2, 0) is 22.4 Å². The monoisotopic (exact) mass is 423 g/mol. The number of aryl methyl sites for hydroxylation is 2. The molecule has 0 spiro atoms. The van der Waals surface area contributed by atoms with Crippen LogP contribution in [0.3, 0.4) is 0 Å². The Morgan fingerprint density at radius 2 is 1.94 bits per heavy atom. The minimum atomic E-state index is -0.684. The third-order valence-electron chi connectivity index (χ3n) is 5.01. The van der Waals surface area contributed by atoms with E-state index in [9.17, 15) is 9.59 Å². The van der Waals surface area contributed by atoms with E-state index >= 15 is 0 Å². The Balaban J connectivity index is 1.38. The SMILES string of the molecule is COc1ccc2c(c1OC)C(=O)OC2CC(=O)Nc1ccc(CCc2nn[nH]n2)cc1. The van der Waals surface area contributed by atoms with Gasteiger partial charge in [-0.05, 0) is 30.2 Å². The van der Waals surface area contributed by atoms with E-state index in [1.807, 2.05) is 24.3 Å². The Morgan fingerprint density at radius 1 is 1.13 bits per heavy atom. The number of hydrogen-bond donors (Lipinski definition) is 2. The van der Waals surface area contributed by atoms with Crippen LogP contribution in [0.2, 0.25) is 0 Å². The minimum absolute atomic E-state index is 0.00615. The van der Waals surface area contributed by atoms with E-state index in [4.69, 9.17) is 14.2 Å². The average molecular weight is 423 g/mol. The minimum Gasteiger partial charge on any atom is -0.493 e. The van der Waals surface area contributed by atoms with Gasteiger partial charge in [0, 0.05) is 17.7 Å². The number of tetrazole rings is 1. The lowest BCUT2D eigenvalue weighted by atomic mass is 10.0. The molecule has 31 heavy (non-hydrogen) atoms. The normalized spacial score (nSPS) is 14.6. The van der Waals surface area contributed by atoms with E-state index in [0.717, 1.165) is 12.0 Å². The number of methoxy groups -OCH3 is 2. The number of amides is 1. The fourth-order valence-electron chi connectivity index (χ4n) is 3.50. The van der Waals surface area contributed by atoms with Crippen LogP contribution in [0, 0.1) is 0 Å². The number of H-pyrrole nitrogens is 1. The molecule has 0 saturated heterocycles. The third kappa shape index (κ3) is 4.32. The van der Waals surface area contributed by atoms with Gasteiger partial charge in [-0.15, -0.1) is 10.2 Å². The van der Waals surface area contributed by atoms with Crippen molar-refractivity contribution in [3.8, 4) is 11.5 Å². The topological polar surface area (TPSA) is 128 Å². The van der Waals surface area contributed by atoms with Gasteiger partial charge in [0.05, 0.1) is 20.6 Å². The molecule has 1 atom stereocenters. The van der Waals surface area contributed by atoms with Crippen molar-refractivity contribution in [3.05, 3.63) is 58.9 Å². The first-order valence-corrected chi connectivity index (χ1v) is 9.66. The molecule has 10 heteroatoms. The van der Waals surface area contributed by atoms with E-state index < -0.39 is 12.1 Å². The molecule has 10 nitrogen and oxygen atoms in total. The molecule has 160 valence electrons. The standard InChI is InChI=1S/C21H21N5O5/c1-29-15-9-8-14-16(31-21(28)19(14)20(15)30-2)11-18(27)22-13-6-3-12(4-7-13)5-10-17-23-25-26-24-17/h3-4,6-9,16H,5,10-11H2,1-2H3,(H,22,27)(H,23,24,25,26). The molecule has 1 amide bonds. The van der Waals surface area contributed by atoms with Gasteiger partial charge in [-0.3, -0.25) is 4.79 Å². The number of carbonyl (C=O) groups excluding carboxylic acids is 2. The van der Waals surface area contributed by atoms with Gasteiger partial charge in [-0.1, -0.05) is 23.4 Å². The molecule has 0 saturated carbocycles. The lowest BCUT2D eigenvalue weighted by Crippen LogP contribution is -2.15. The molecule has 0 aliphatic carbocycles. The zero-order valence-electron chi connectivity index (χ0n) is 17.0. The molecule has 4 rings (SSSR count). The van der Waals surface area contributed by atoms with E-state index in [1.54, 1.807) is 12.1 Å². The number of nitrogens with one attached hydrogen (secondary N) is 2. The Morgan fingerprint density at radius 3 is 2.61 bits per heavy atom. The highest BCUT2D eigenvalue weighted by molar-refractivity contribution is 5.99. The van der Waals surface area contributed by atoms with Crippen LogP contribution in [0.15, 0.2) is 36.4 Å². The zero-order chi connectivity index (χ0) is 21.8. The van der Waals surface area contributed by atoms with Crippen molar-refractivity contribution in [2.45, 2.75) is 25.4 Å². The van der Waals surface area contributed by atoms with Gasteiger partial charge in [-0.2, -0.15) is 5.21 Å². The van der Waals surface area contributed by atoms with Gasteiger partial charge in [0.2, 0.25) is 5.91 Å². The summed E-state index contributed by atoms with van der Waals surface area (Å²) in [7, 11) is 2.95. The summed E-state index contributed by atoms with van der Waals surface area (Å²) in [5.41, 5.74) is 2.65. The van der Waals surface area contributed by atoms with Gasteiger partial charge in [0.1, 0.15) is 11.7 Å². The smallest absolute Gasteiger partial charge is 0.343 e. The molecule has 1 aliphatic rings. The molecule has 1 aliphatic heterocycles. The second kappa shape index (κ2) is 8.82. The maximum atomic E-state index is 12.5. The lowest BCUT2D eigenvalue weighted by Gasteiger charge is -2.13. The number of aromatic amines is 1. The Hall–Kier alpha value is -3.95. The van der Waals surface area contributed by atoms with Gasteiger partial charge < -0.3 is 19.5 Å². The summed E-state index contributed by atoms with van der Waals surface area (Å²) in [6.45, 7) is 0. The van der Waals surface area contributed by atoms with Crippen LogP contribution >= 0.6 is 0 Å². The molecular formula is C21H21N5O5. The van der Waals surface area contributed by atoms with Crippen LogP contribution in [0.5, 0.6) is 11.5 Å². The van der Waals surface area contributed by atoms with Gasteiger partial charge >= 0.3 is 5.97 Å². The van der Waals surface area contributed by atoms with E-state index in [2.05, 4.69) is 25.9 Å². The van der Waals surface area contributed by atoms with Gasteiger partial charge in [-0.25, -0.2) is 4.79 Å². The highest BCUT2D eigenvalue weighted by Crippen LogP contribution is 2.43. The molecule has 1 aromatic heterocycles. The number of anilines is 1. The molecule has 2 heterocycles.